The lowest BCUT2D eigenvalue weighted by Crippen LogP contribution is -2.33. The Hall–Kier alpha value is -0.820. The molecule has 0 radical (unpaired) electrons. The Morgan fingerprint density at radius 1 is 1.11 bits per heavy atom. The molecule has 0 saturated carbocycles. The summed E-state index contributed by atoms with van der Waals surface area (Å²) in [7, 11) is 0. The number of benzene rings is 1. The van der Waals surface area contributed by atoms with Crippen LogP contribution in [-0.2, 0) is 0 Å². The fourth-order valence-corrected chi connectivity index (χ4v) is 2.96. The van der Waals surface area contributed by atoms with Gasteiger partial charge in [-0.3, -0.25) is 0 Å². The van der Waals surface area contributed by atoms with Gasteiger partial charge in [0.25, 0.3) is 0 Å². The van der Waals surface area contributed by atoms with Crippen LogP contribution in [0.4, 0.5) is 0 Å². The van der Waals surface area contributed by atoms with Gasteiger partial charge in [-0.2, -0.15) is 0 Å². The minimum atomic E-state index is 0.379. The van der Waals surface area contributed by atoms with Gasteiger partial charge in [0.2, 0.25) is 0 Å². The summed E-state index contributed by atoms with van der Waals surface area (Å²) in [6.45, 7) is 11.0. The Morgan fingerprint density at radius 3 is 2.28 bits per heavy atom. The lowest BCUT2D eigenvalue weighted by molar-refractivity contribution is 0.202. The molecular formula is C17H27N. The molecule has 100 valence electrons. The highest BCUT2D eigenvalue weighted by Gasteiger charge is 2.31. The second-order valence-corrected chi connectivity index (χ2v) is 6.31. The summed E-state index contributed by atoms with van der Waals surface area (Å²) in [5.41, 5.74) is 1.89. The molecule has 1 aromatic rings. The summed E-state index contributed by atoms with van der Waals surface area (Å²) in [5, 5.41) is 0. The normalized spacial score (nSPS) is 19.1. The molecule has 1 atom stereocenters. The average Bonchev–Trinajstić information content (AvgIpc) is 2.90. The molecule has 1 nitrogen and oxygen atoms in total. The Bertz CT molecular complexity index is 349. The van der Waals surface area contributed by atoms with Crippen molar-refractivity contribution in [2.75, 3.05) is 19.6 Å². The largest absolute Gasteiger partial charge is 0.303 e. The summed E-state index contributed by atoms with van der Waals surface area (Å²) in [6, 6.07) is 11.1. The van der Waals surface area contributed by atoms with Crippen molar-refractivity contribution < 1.29 is 0 Å². The minimum Gasteiger partial charge on any atom is -0.303 e. The van der Waals surface area contributed by atoms with Crippen LogP contribution in [0.2, 0.25) is 0 Å². The van der Waals surface area contributed by atoms with Crippen LogP contribution in [-0.4, -0.2) is 24.5 Å². The fraction of sp³-hybridized carbons (Fsp3) is 0.647. The number of rotatable bonds is 5. The van der Waals surface area contributed by atoms with Gasteiger partial charge in [0.1, 0.15) is 0 Å². The van der Waals surface area contributed by atoms with E-state index in [-0.39, 0.29) is 0 Å². The van der Waals surface area contributed by atoms with Crippen molar-refractivity contribution in [1.29, 1.82) is 0 Å². The maximum atomic E-state index is 2.65. The monoisotopic (exact) mass is 245 g/mol. The first-order valence-electron chi connectivity index (χ1n) is 7.41. The average molecular weight is 245 g/mol. The van der Waals surface area contributed by atoms with Crippen LogP contribution < -0.4 is 0 Å². The molecule has 1 fully saturated rings. The van der Waals surface area contributed by atoms with Crippen LogP contribution in [0.5, 0.6) is 0 Å². The SMILES string of the molecule is CCC(C)(C)[C@H](CN1CCCC1)c1ccccc1. The lowest BCUT2D eigenvalue weighted by Gasteiger charge is -2.36. The number of hydrogen-bond acceptors (Lipinski definition) is 1. The van der Waals surface area contributed by atoms with E-state index in [9.17, 15) is 0 Å². The lowest BCUT2D eigenvalue weighted by atomic mass is 9.73. The standard InChI is InChI=1S/C17H27N/c1-4-17(2,3)16(14-18-12-8-9-13-18)15-10-6-5-7-11-15/h5-7,10-11,16H,4,8-9,12-14H2,1-3H3/t16-/m1/s1. The molecule has 0 aromatic heterocycles. The Balaban J connectivity index is 2.17. The molecule has 0 amide bonds. The molecule has 0 N–H and O–H groups in total. The van der Waals surface area contributed by atoms with Crippen molar-refractivity contribution in [2.24, 2.45) is 5.41 Å². The second kappa shape index (κ2) is 5.88. The van der Waals surface area contributed by atoms with Crippen LogP contribution in [0, 0.1) is 5.41 Å². The van der Waals surface area contributed by atoms with Crippen LogP contribution in [0.3, 0.4) is 0 Å². The predicted octanol–water partition coefficient (Wildman–Crippen LogP) is 4.30. The summed E-state index contributed by atoms with van der Waals surface area (Å²) in [5.74, 6) is 0.654. The fourth-order valence-electron chi connectivity index (χ4n) is 2.96. The van der Waals surface area contributed by atoms with E-state index < -0.39 is 0 Å². The maximum Gasteiger partial charge on any atom is 0.00554 e. The highest BCUT2D eigenvalue weighted by molar-refractivity contribution is 5.22. The number of likely N-dealkylation sites (tertiary alicyclic amines) is 1. The summed E-state index contributed by atoms with van der Waals surface area (Å²) in [4.78, 5) is 2.65. The summed E-state index contributed by atoms with van der Waals surface area (Å²) in [6.07, 6.45) is 4.00. The van der Waals surface area contributed by atoms with Gasteiger partial charge in [0.05, 0.1) is 0 Å². The van der Waals surface area contributed by atoms with Crippen LogP contribution in [0.15, 0.2) is 30.3 Å². The Morgan fingerprint density at radius 2 is 1.72 bits per heavy atom. The smallest absolute Gasteiger partial charge is 0.00554 e. The van der Waals surface area contributed by atoms with Gasteiger partial charge in [-0.05, 0) is 36.9 Å². The van der Waals surface area contributed by atoms with E-state index >= 15 is 0 Å². The number of nitrogens with zero attached hydrogens (tertiary/aromatic N) is 1. The molecule has 1 heterocycles. The van der Waals surface area contributed by atoms with Crippen LogP contribution >= 0.6 is 0 Å². The second-order valence-electron chi connectivity index (χ2n) is 6.31. The molecule has 18 heavy (non-hydrogen) atoms. The molecule has 2 rings (SSSR count). The molecule has 0 aliphatic carbocycles. The zero-order valence-electron chi connectivity index (χ0n) is 12.2. The minimum absolute atomic E-state index is 0.379. The summed E-state index contributed by atoms with van der Waals surface area (Å²) >= 11 is 0. The van der Waals surface area contributed by atoms with E-state index in [2.05, 4.69) is 56.0 Å². The van der Waals surface area contributed by atoms with Gasteiger partial charge in [-0.1, -0.05) is 57.5 Å². The quantitative estimate of drug-likeness (QED) is 0.747. The summed E-state index contributed by atoms with van der Waals surface area (Å²) < 4.78 is 0. The predicted molar refractivity (Wildman–Crippen MR) is 78.9 cm³/mol. The topological polar surface area (TPSA) is 3.24 Å². The van der Waals surface area contributed by atoms with Crippen LogP contribution in [0.1, 0.15) is 51.5 Å². The highest BCUT2D eigenvalue weighted by Crippen LogP contribution is 2.39. The first-order valence-corrected chi connectivity index (χ1v) is 7.41. The van der Waals surface area contributed by atoms with Crippen LogP contribution in [0.25, 0.3) is 0 Å². The molecule has 0 spiro atoms. The Kier molecular flexibility index (Phi) is 4.45. The van der Waals surface area contributed by atoms with Crippen molar-refractivity contribution in [3.63, 3.8) is 0 Å². The molecule has 1 heteroatoms. The molecule has 1 aliphatic rings. The van der Waals surface area contributed by atoms with Crippen molar-refractivity contribution in [2.45, 2.75) is 46.0 Å². The van der Waals surface area contributed by atoms with Gasteiger partial charge in [0.15, 0.2) is 0 Å². The molecular weight excluding hydrogens is 218 g/mol. The molecule has 1 aromatic carbocycles. The first kappa shape index (κ1) is 13.6. The Labute approximate surface area is 112 Å². The zero-order chi connectivity index (χ0) is 13.0. The van der Waals surface area contributed by atoms with E-state index in [1.54, 1.807) is 0 Å². The molecule has 0 unspecified atom stereocenters. The van der Waals surface area contributed by atoms with Gasteiger partial charge >= 0.3 is 0 Å². The van der Waals surface area contributed by atoms with E-state index in [0.29, 0.717) is 11.3 Å². The molecule has 0 bridgehead atoms. The zero-order valence-corrected chi connectivity index (χ0v) is 12.2. The molecule has 1 aliphatic heterocycles. The first-order chi connectivity index (χ1) is 8.63. The highest BCUT2D eigenvalue weighted by atomic mass is 15.1. The van der Waals surface area contributed by atoms with Crippen molar-refractivity contribution in [1.82, 2.24) is 4.90 Å². The van der Waals surface area contributed by atoms with Gasteiger partial charge in [0, 0.05) is 12.5 Å². The number of hydrogen-bond donors (Lipinski definition) is 0. The van der Waals surface area contributed by atoms with Gasteiger partial charge in [-0.25, -0.2) is 0 Å². The van der Waals surface area contributed by atoms with Gasteiger partial charge < -0.3 is 4.90 Å². The third-order valence-corrected chi connectivity index (χ3v) is 4.70. The van der Waals surface area contributed by atoms with Crippen molar-refractivity contribution in [3.05, 3.63) is 35.9 Å². The van der Waals surface area contributed by atoms with E-state index in [0.717, 1.165) is 0 Å². The third-order valence-electron chi connectivity index (χ3n) is 4.70. The van der Waals surface area contributed by atoms with Crippen molar-refractivity contribution >= 4 is 0 Å². The molecule has 1 saturated heterocycles. The van der Waals surface area contributed by atoms with E-state index in [1.165, 1.54) is 44.5 Å². The maximum absolute atomic E-state index is 2.65. The third kappa shape index (κ3) is 3.14. The van der Waals surface area contributed by atoms with E-state index in [4.69, 9.17) is 0 Å². The van der Waals surface area contributed by atoms with Crippen molar-refractivity contribution in [3.8, 4) is 0 Å². The van der Waals surface area contributed by atoms with E-state index in [1.807, 2.05) is 0 Å². The van der Waals surface area contributed by atoms with Gasteiger partial charge in [-0.15, -0.1) is 0 Å².